The molecule has 0 radical (unpaired) electrons. The Morgan fingerprint density at radius 1 is 1.25 bits per heavy atom. The minimum absolute atomic E-state index is 0.201. The molecular formula is C17H12N4O2S. The minimum atomic E-state index is -0.503. The van der Waals surface area contributed by atoms with E-state index in [-0.39, 0.29) is 5.91 Å². The van der Waals surface area contributed by atoms with Gasteiger partial charge in [-0.1, -0.05) is 30.3 Å². The molecule has 118 valence electrons. The molecule has 0 fully saturated rings. The standard InChI is InChI=1S/C17H12N4O2S/c18-15(22)13-7-12-11(16(23)20-17(12)24-13)6-10-8-19-21-14(10)9-4-2-1-3-5-9/h1-8H,(H2,18,22)(H,19,21)(H,20,23)/b11-6-. The number of amides is 2. The summed E-state index contributed by atoms with van der Waals surface area (Å²) in [6.07, 6.45) is 3.51. The number of rotatable bonds is 3. The quantitative estimate of drug-likeness (QED) is 0.641. The Bertz CT molecular complexity index is 985. The first kappa shape index (κ1) is 14.4. The normalized spacial score (nSPS) is 14.7. The van der Waals surface area contributed by atoms with Gasteiger partial charge in [0.05, 0.1) is 16.1 Å². The van der Waals surface area contributed by atoms with Crippen molar-refractivity contribution in [3.05, 3.63) is 58.6 Å². The first-order valence-corrected chi connectivity index (χ1v) is 8.01. The molecule has 2 aromatic heterocycles. The topological polar surface area (TPSA) is 101 Å². The van der Waals surface area contributed by atoms with Crippen molar-refractivity contribution in [2.75, 3.05) is 5.32 Å². The third-order valence-corrected chi connectivity index (χ3v) is 4.82. The number of carbonyl (C=O) groups is 2. The maximum Gasteiger partial charge on any atom is 0.258 e. The average molecular weight is 336 g/mol. The number of fused-ring (bicyclic) bond motifs is 1. The molecule has 0 saturated carbocycles. The number of carbonyl (C=O) groups excluding carboxylic acids is 2. The Balaban J connectivity index is 1.80. The van der Waals surface area contributed by atoms with Gasteiger partial charge in [-0.3, -0.25) is 14.7 Å². The molecule has 1 aliphatic rings. The summed E-state index contributed by atoms with van der Waals surface area (Å²) >= 11 is 1.18. The highest BCUT2D eigenvalue weighted by Crippen LogP contribution is 2.40. The molecule has 0 saturated heterocycles. The lowest BCUT2D eigenvalue weighted by Crippen LogP contribution is -2.09. The van der Waals surface area contributed by atoms with Crippen LogP contribution in [0.1, 0.15) is 20.8 Å². The molecule has 4 N–H and O–H groups in total. The number of nitrogens with zero attached hydrogens (tertiary/aromatic N) is 1. The Kier molecular flexibility index (Phi) is 3.28. The first-order chi connectivity index (χ1) is 11.6. The van der Waals surface area contributed by atoms with Crippen LogP contribution in [0.3, 0.4) is 0 Å². The molecule has 0 atom stereocenters. The van der Waals surface area contributed by atoms with Crippen LogP contribution in [0.15, 0.2) is 42.6 Å². The molecule has 3 heterocycles. The van der Waals surface area contributed by atoms with Crippen molar-refractivity contribution in [3.8, 4) is 11.3 Å². The number of thiophene rings is 1. The van der Waals surface area contributed by atoms with Crippen molar-refractivity contribution in [2.45, 2.75) is 0 Å². The number of aromatic nitrogens is 2. The summed E-state index contributed by atoms with van der Waals surface area (Å²) in [5.41, 5.74) is 9.01. The number of hydrogen-bond donors (Lipinski definition) is 3. The Morgan fingerprint density at radius 3 is 2.79 bits per heavy atom. The third-order valence-electron chi connectivity index (χ3n) is 3.75. The minimum Gasteiger partial charge on any atom is -0.365 e. The SMILES string of the molecule is NC(=O)c1cc2c(s1)NC(=O)/C2=C\c1c[nH]nc1-c1ccccc1. The predicted molar refractivity (Wildman–Crippen MR) is 93.4 cm³/mol. The van der Waals surface area contributed by atoms with Gasteiger partial charge in [0.2, 0.25) is 0 Å². The van der Waals surface area contributed by atoms with Crippen LogP contribution >= 0.6 is 11.3 Å². The fraction of sp³-hybridized carbons (Fsp3) is 0. The molecule has 0 unspecified atom stereocenters. The predicted octanol–water partition coefficient (Wildman–Crippen LogP) is 2.73. The number of nitrogens with one attached hydrogen (secondary N) is 2. The molecule has 0 aliphatic carbocycles. The molecule has 1 aromatic carbocycles. The fourth-order valence-electron chi connectivity index (χ4n) is 2.63. The molecule has 4 rings (SSSR count). The van der Waals surface area contributed by atoms with E-state index < -0.39 is 5.91 Å². The first-order valence-electron chi connectivity index (χ1n) is 7.20. The van der Waals surface area contributed by atoms with E-state index in [1.807, 2.05) is 30.3 Å². The summed E-state index contributed by atoms with van der Waals surface area (Å²) in [6, 6.07) is 11.3. The smallest absolute Gasteiger partial charge is 0.258 e. The molecule has 0 spiro atoms. The van der Waals surface area contributed by atoms with Gasteiger partial charge in [-0.15, -0.1) is 11.3 Å². The van der Waals surface area contributed by atoms with E-state index in [2.05, 4.69) is 15.5 Å². The van der Waals surface area contributed by atoms with Gasteiger partial charge in [0, 0.05) is 22.9 Å². The maximum atomic E-state index is 12.2. The summed E-state index contributed by atoms with van der Waals surface area (Å²) in [6.45, 7) is 0. The van der Waals surface area contributed by atoms with Crippen molar-refractivity contribution in [1.82, 2.24) is 10.2 Å². The summed E-state index contributed by atoms with van der Waals surface area (Å²) in [5.74, 6) is -0.705. The summed E-state index contributed by atoms with van der Waals surface area (Å²) in [7, 11) is 0. The van der Waals surface area contributed by atoms with Crippen LogP contribution in [-0.4, -0.2) is 22.0 Å². The van der Waals surface area contributed by atoms with E-state index >= 15 is 0 Å². The summed E-state index contributed by atoms with van der Waals surface area (Å²) < 4.78 is 0. The van der Waals surface area contributed by atoms with Gasteiger partial charge in [-0.25, -0.2) is 0 Å². The number of H-pyrrole nitrogens is 1. The van der Waals surface area contributed by atoms with Crippen LogP contribution in [0.25, 0.3) is 22.9 Å². The second-order valence-electron chi connectivity index (χ2n) is 5.29. The van der Waals surface area contributed by atoms with Gasteiger partial charge in [-0.2, -0.15) is 5.10 Å². The number of primary amides is 1. The van der Waals surface area contributed by atoms with E-state index in [4.69, 9.17) is 5.73 Å². The van der Waals surface area contributed by atoms with Crippen LogP contribution in [0.2, 0.25) is 0 Å². The number of hydrogen-bond acceptors (Lipinski definition) is 4. The van der Waals surface area contributed by atoms with Crippen LogP contribution in [0, 0.1) is 0 Å². The van der Waals surface area contributed by atoms with Crippen LogP contribution in [-0.2, 0) is 4.79 Å². The Labute approximate surface area is 141 Å². The molecule has 2 amide bonds. The molecule has 3 aromatic rings. The lowest BCUT2D eigenvalue weighted by Gasteiger charge is -2.00. The van der Waals surface area contributed by atoms with Gasteiger partial charge in [-0.05, 0) is 12.1 Å². The molecule has 7 heteroatoms. The monoisotopic (exact) mass is 336 g/mol. The fourth-order valence-corrected chi connectivity index (χ4v) is 3.55. The van der Waals surface area contributed by atoms with Crippen molar-refractivity contribution < 1.29 is 9.59 Å². The number of benzene rings is 1. The van der Waals surface area contributed by atoms with Crippen molar-refractivity contribution in [1.29, 1.82) is 0 Å². The molecule has 6 nitrogen and oxygen atoms in total. The van der Waals surface area contributed by atoms with E-state index in [0.717, 1.165) is 16.8 Å². The Hall–Kier alpha value is -3.19. The van der Waals surface area contributed by atoms with E-state index in [1.165, 1.54) is 11.3 Å². The second kappa shape index (κ2) is 5.47. The highest BCUT2D eigenvalue weighted by molar-refractivity contribution is 7.18. The summed E-state index contributed by atoms with van der Waals surface area (Å²) in [5, 5.41) is 10.5. The molecular weight excluding hydrogens is 324 g/mol. The van der Waals surface area contributed by atoms with E-state index in [1.54, 1.807) is 18.3 Å². The number of aromatic amines is 1. The van der Waals surface area contributed by atoms with Crippen LogP contribution in [0.5, 0.6) is 0 Å². The van der Waals surface area contributed by atoms with Crippen molar-refractivity contribution in [2.24, 2.45) is 5.73 Å². The van der Waals surface area contributed by atoms with Gasteiger partial charge >= 0.3 is 0 Å². The highest BCUT2D eigenvalue weighted by atomic mass is 32.1. The van der Waals surface area contributed by atoms with E-state index in [9.17, 15) is 9.59 Å². The molecule has 24 heavy (non-hydrogen) atoms. The van der Waals surface area contributed by atoms with Gasteiger partial charge in [0.15, 0.2) is 0 Å². The lowest BCUT2D eigenvalue weighted by molar-refractivity contribution is -0.110. The molecule has 1 aliphatic heterocycles. The van der Waals surface area contributed by atoms with Crippen molar-refractivity contribution in [3.63, 3.8) is 0 Å². The molecule has 0 bridgehead atoms. The maximum absolute atomic E-state index is 12.2. The van der Waals surface area contributed by atoms with Gasteiger partial charge < -0.3 is 11.1 Å². The van der Waals surface area contributed by atoms with Gasteiger partial charge in [0.1, 0.15) is 5.00 Å². The number of anilines is 1. The largest absolute Gasteiger partial charge is 0.365 e. The van der Waals surface area contributed by atoms with Gasteiger partial charge in [0.25, 0.3) is 11.8 Å². The average Bonchev–Trinajstić information content (AvgIpc) is 3.25. The summed E-state index contributed by atoms with van der Waals surface area (Å²) in [4.78, 5) is 24.0. The Morgan fingerprint density at radius 2 is 2.04 bits per heavy atom. The zero-order chi connectivity index (χ0) is 16.7. The highest BCUT2D eigenvalue weighted by Gasteiger charge is 2.28. The van der Waals surface area contributed by atoms with Crippen molar-refractivity contribution >= 4 is 39.8 Å². The second-order valence-corrected chi connectivity index (χ2v) is 6.34. The third kappa shape index (κ3) is 2.31. The van der Waals surface area contributed by atoms with Crippen LogP contribution < -0.4 is 11.1 Å². The number of nitrogens with two attached hydrogens (primary N) is 1. The zero-order valence-electron chi connectivity index (χ0n) is 12.4. The van der Waals surface area contributed by atoms with Crippen LogP contribution in [0.4, 0.5) is 5.00 Å². The lowest BCUT2D eigenvalue weighted by atomic mass is 10.0. The zero-order valence-corrected chi connectivity index (χ0v) is 13.2. The van der Waals surface area contributed by atoms with E-state index in [0.29, 0.717) is 21.0 Å².